The molecule has 2 rings (SSSR count). The maximum atomic E-state index is 12.3. The average Bonchev–Trinajstić information content (AvgIpc) is 2.71. The average molecular weight is 278 g/mol. The van der Waals surface area contributed by atoms with Gasteiger partial charge in [0, 0.05) is 19.6 Å². The van der Waals surface area contributed by atoms with Crippen LogP contribution in [-0.2, 0) is 9.53 Å². The summed E-state index contributed by atoms with van der Waals surface area (Å²) in [5, 5.41) is 12.7. The first-order valence-electron chi connectivity index (χ1n) is 7.12. The zero-order valence-corrected chi connectivity index (χ0v) is 11.8. The van der Waals surface area contributed by atoms with Crippen LogP contribution in [0.2, 0.25) is 0 Å². The summed E-state index contributed by atoms with van der Waals surface area (Å²) in [6, 6.07) is 6.40. The Labute approximate surface area is 119 Å². The highest BCUT2D eigenvalue weighted by Gasteiger charge is 2.29. The predicted molar refractivity (Wildman–Crippen MR) is 76.5 cm³/mol. The van der Waals surface area contributed by atoms with Gasteiger partial charge in [0.1, 0.15) is 11.8 Å². The van der Waals surface area contributed by atoms with Gasteiger partial charge in [0.2, 0.25) is 0 Å². The smallest absolute Gasteiger partial charge is 0.328 e. The van der Waals surface area contributed by atoms with Crippen molar-refractivity contribution in [2.75, 3.05) is 32.8 Å². The van der Waals surface area contributed by atoms with E-state index in [1.165, 1.54) is 0 Å². The summed E-state index contributed by atoms with van der Waals surface area (Å²) in [6.45, 7) is 5.70. The van der Waals surface area contributed by atoms with E-state index in [-0.39, 0.29) is 11.7 Å². The number of esters is 1. The molecule has 110 valence electrons. The van der Waals surface area contributed by atoms with Crippen molar-refractivity contribution in [3.63, 3.8) is 0 Å². The van der Waals surface area contributed by atoms with Crippen molar-refractivity contribution in [3.8, 4) is 5.75 Å². The molecule has 1 saturated heterocycles. The standard InChI is InChI=1S/C15H22N2O3/c1-2-20-15(19)14(12-4-6-13(18)7-5-12)17-10-3-8-16-9-11-17/h4-7,14,16,18H,2-3,8-11H2,1H3. The van der Waals surface area contributed by atoms with Gasteiger partial charge in [-0.25, -0.2) is 4.79 Å². The Hall–Kier alpha value is -1.59. The number of hydrogen-bond donors (Lipinski definition) is 2. The molecule has 0 saturated carbocycles. The molecule has 1 unspecified atom stereocenters. The number of hydrogen-bond acceptors (Lipinski definition) is 5. The maximum absolute atomic E-state index is 12.3. The zero-order valence-electron chi connectivity index (χ0n) is 11.8. The van der Waals surface area contributed by atoms with Crippen molar-refractivity contribution in [3.05, 3.63) is 29.8 Å². The van der Waals surface area contributed by atoms with Crippen LogP contribution < -0.4 is 5.32 Å². The van der Waals surface area contributed by atoms with E-state index >= 15 is 0 Å². The van der Waals surface area contributed by atoms with Gasteiger partial charge in [-0.3, -0.25) is 4.90 Å². The number of aromatic hydroxyl groups is 1. The van der Waals surface area contributed by atoms with E-state index in [4.69, 9.17) is 4.74 Å². The Morgan fingerprint density at radius 1 is 1.35 bits per heavy atom. The van der Waals surface area contributed by atoms with Crippen LogP contribution in [0.25, 0.3) is 0 Å². The summed E-state index contributed by atoms with van der Waals surface area (Å²) >= 11 is 0. The van der Waals surface area contributed by atoms with Gasteiger partial charge in [0.15, 0.2) is 0 Å². The first kappa shape index (κ1) is 14.8. The molecular formula is C15H22N2O3. The molecule has 5 nitrogen and oxygen atoms in total. The molecule has 0 aromatic heterocycles. The molecule has 1 aromatic rings. The number of ether oxygens (including phenoxy) is 1. The van der Waals surface area contributed by atoms with Gasteiger partial charge in [0.25, 0.3) is 0 Å². The van der Waals surface area contributed by atoms with Crippen LogP contribution in [0.15, 0.2) is 24.3 Å². The van der Waals surface area contributed by atoms with Gasteiger partial charge in [-0.2, -0.15) is 0 Å². The molecular weight excluding hydrogens is 256 g/mol. The Morgan fingerprint density at radius 2 is 2.10 bits per heavy atom. The minimum atomic E-state index is -0.393. The lowest BCUT2D eigenvalue weighted by Crippen LogP contribution is -2.37. The summed E-state index contributed by atoms with van der Waals surface area (Å²) in [5.41, 5.74) is 0.864. The summed E-state index contributed by atoms with van der Waals surface area (Å²) in [4.78, 5) is 14.4. The van der Waals surface area contributed by atoms with Crippen molar-refractivity contribution in [2.45, 2.75) is 19.4 Å². The number of carbonyl (C=O) groups is 1. The first-order chi connectivity index (χ1) is 9.72. The predicted octanol–water partition coefficient (Wildman–Crippen LogP) is 1.29. The number of nitrogens with zero attached hydrogens (tertiary/aromatic N) is 1. The monoisotopic (exact) mass is 278 g/mol. The van der Waals surface area contributed by atoms with Gasteiger partial charge in [-0.15, -0.1) is 0 Å². The van der Waals surface area contributed by atoms with Crippen LogP contribution in [0.3, 0.4) is 0 Å². The summed E-state index contributed by atoms with van der Waals surface area (Å²) in [5.74, 6) is -0.0195. The van der Waals surface area contributed by atoms with E-state index in [1.54, 1.807) is 24.3 Å². The minimum absolute atomic E-state index is 0.203. The zero-order chi connectivity index (χ0) is 14.4. The van der Waals surface area contributed by atoms with E-state index in [0.717, 1.165) is 38.2 Å². The Morgan fingerprint density at radius 3 is 2.80 bits per heavy atom. The van der Waals surface area contributed by atoms with E-state index in [1.807, 2.05) is 6.92 Å². The van der Waals surface area contributed by atoms with Gasteiger partial charge in [0.05, 0.1) is 6.61 Å². The molecule has 1 atom stereocenters. The van der Waals surface area contributed by atoms with E-state index in [0.29, 0.717) is 6.61 Å². The van der Waals surface area contributed by atoms with E-state index in [2.05, 4.69) is 10.2 Å². The molecule has 0 radical (unpaired) electrons. The van der Waals surface area contributed by atoms with Crippen molar-refractivity contribution >= 4 is 5.97 Å². The summed E-state index contributed by atoms with van der Waals surface area (Å²) < 4.78 is 5.22. The summed E-state index contributed by atoms with van der Waals surface area (Å²) in [7, 11) is 0. The van der Waals surface area contributed by atoms with E-state index in [9.17, 15) is 9.90 Å². The van der Waals surface area contributed by atoms with E-state index < -0.39 is 6.04 Å². The highest BCUT2D eigenvalue weighted by atomic mass is 16.5. The third-order valence-corrected chi connectivity index (χ3v) is 3.46. The molecule has 20 heavy (non-hydrogen) atoms. The molecule has 2 N–H and O–H groups in total. The van der Waals surface area contributed by atoms with Crippen molar-refractivity contribution < 1.29 is 14.6 Å². The van der Waals surface area contributed by atoms with Crippen LogP contribution in [0.4, 0.5) is 0 Å². The fourth-order valence-electron chi connectivity index (χ4n) is 2.50. The van der Waals surface area contributed by atoms with Crippen molar-refractivity contribution in [1.29, 1.82) is 0 Å². The molecule has 1 aromatic carbocycles. The molecule has 0 aliphatic carbocycles. The van der Waals surface area contributed by atoms with Crippen LogP contribution >= 0.6 is 0 Å². The normalized spacial score (nSPS) is 18.2. The number of rotatable bonds is 4. The SMILES string of the molecule is CCOC(=O)C(c1ccc(O)cc1)N1CCCNCC1. The number of phenolic OH excluding ortho intramolecular Hbond substituents is 1. The Balaban J connectivity index is 2.23. The van der Waals surface area contributed by atoms with Gasteiger partial charge in [-0.1, -0.05) is 12.1 Å². The van der Waals surface area contributed by atoms with Crippen LogP contribution in [0.1, 0.15) is 24.9 Å². The summed E-state index contributed by atoms with van der Waals surface area (Å²) in [6.07, 6.45) is 1.01. The Bertz CT molecular complexity index is 425. The fraction of sp³-hybridized carbons (Fsp3) is 0.533. The maximum Gasteiger partial charge on any atom is 0.328 e. The molecule has 0 spiro atoms. The molecule has 5 heteroatoms. The third kappa shape index (κ3) is 3.71. The molecule has 0 amide bonds. The number of benzene rings is 1. The fourth-order valence-corrected chi connectivity index (χ4v) is 2.50. The van der Waals surface area contributed by atoms with Gasteiger partial charge in [-0.05, 0) is 37.6 Å². The second-order valence-corrected chi connectivity index (χ2v) is 4.89. The van der Waals surface area contributed by atoms with Crippen LogP contribution in [0, 0.1) is 0 Å². The number of nitrogens with one attached hydrogen (secondary N) is 1. The largest absolute Gasteiger partial charge is 0.508 e. The topological polar surface area (TPSA) is 61.8 Å². The van der Waals surface area contributed by atoms with Crippen molar-refractivity contribution in [1.82, 2.24) is 10.2 Å². The molecule has 1 aliphatic rings. The molecule has 1 heterocycles. The van der Waals surface area contributed by atoms with Crippen LogP contribution in [0.5, 0.6) is 5.75 Å². The lowest BCUT2D eigenvalue weighted by Gasteiger charge is -2.28. The van der Waals surface area contributed by atoms with Gasteiger partial charge < -0.3 is 15.2 Å². The lowest BCUT2D eigenvalue weighted by atomic mass is 10.0. The molecule has 1 fully saturated rings. The highest BCUT2D eigenvalue weighted by molar-refractivity contribution is 5.77. The minimum Gasteiger partial charge on any atom is -0.508 e. The van der Waals surface area contributed by atoms with Crippen LogP contribution in [-0.4, -0.2) is 48.8 Å². The lowest BCUT2D eigenvalue weighted by molar-refractivity contribution is -0.149. The molecule has 1 aliphatic heterocycles. The third-order valence-electron chi connectivity index (χ3n) is 3.46. The number of carbonyl (C=O) groups excluding carboxylic acids is 1. The second-order valence-electron chi connectivity index (χ2n) is 4.89. The molecule has 0 bridgehead atoms. The van der Waals surface area contributed by atoms with Crippen molar-refractivity contribution in [2.24, 2.45) is 0 Å². The van der Waals surface area contributed by atoms with Gasteiger partial charge >= 0.3 is 5.97 Å². The Kier molecular flexibility index (Phi) is 5.38. The first-order valence-corrected chi connectivity index (χ1v) is 7.12. The second kappa shape index (κ2) is 7.26. The quantitative estimate of drug-likeness (QED) is 0.813. The number of phenols is 1. The highest BCUT2D eigenvalue weighted by Crippen LogP contribution is 2.24.